The van der Waals surface area contributed by atoms with E-state index in [4.69, 9.17) is 5.11 Å². The average molecular weight is 289 g/mol. The van der Waals surface area contributed by atoms with Gasteiger partial charge in [-0.3, -0.25) is 10.1 Å². The molecular formula is C14H15N3O4. The second-order valence-electron chi connectivity index (χ2n) is 4.51. The molecule has 1 aromatic heterocycles. The molecule has 0 atom stereocenters. The van der Waals surface area contributed by atoms with Crippen LogP contribution in [-0.2, 0) is 12.8 Å². The van der Waals surface area contributed by atoms with Crippen molar-refractivity contribution in [2.75, 3.05) is 0 Å². The zero-order valence-electron chi connectivity index (χ0n) is 11.7. The predicted molar refractivity (Wildman–Crippen MR) is 75.9 cm³/mol. The molecule has 1 aromatic carbocycles. The maximum Gasteiger partial charge on any atom is 0.342 e. The lowest BCUT2D eigenvalue weighted by Crippen LogP contribution is -2.07. The number of benzene rings is 1. The van der Waals surface area contributed by atoms with Gasteiger partial charge in [0.05, 0.1) is 16.3 Å². The lowest BCUT2D eigenvalue weighted by molar-refractivity contribution is -0.385. The first kappa shape index (κ1) is 14.7. The fourth-order valence-electron chi connectivity index (χ4n) is 2.11. The molecule has 1 N–H and O–H groups in total. The number of aryl methyl sites for hydroxylation is 2. The average Bonchev–Trinajstić information content (AvgIpc) is 2.89. The highest BCUT2D eigenvalue weighted by Crippen LogP contribution is 2.23. The Morgan fingerprint density at radius 3 is 2.57 bits per heavy atom. The quantitative estimate of drug-likeness (QED) is 0.673. The van der Waals surface area contributed by atoms with E-state index >= 15 is 0 Å². The van der Waals surface area contributed by atoms with Gasteiger partial charge >= 0.3 is 5.97 Å². The van der Waals surface area contributed by atoms with Gasteiger partial charge in [0.15, 0.2) is 0 Å². The fourth-order valence-corrected chi connectivity index (χ4v) is 2.11. The monoisotopic (exact) mass is 289 g/mol. The van der Waals surface area contributed by atoms with E-state index in [1.807, 2.05) is 19.9 Å². The first-order valence-electron chi connectivity index (χ1n) is 6.57. The Morgan fingerprint density at radius 1 is 1.33 bits per heavy atom. The summed E-state index contributed by atoms with van der Waals surface area (Å²) in [5.74, 6) is -1.33. The van der Waals surface area contributed by atoms with Crippen LogP contribution in [-0.4, -0.2) is 25.8 Å². The molecule has 0 bridgehead atoms. The Kier molecular flexibility index (Phi) is 4.02. The molecule has 2 aromatic rings. The number of nitrogens with zero attached hydrogens (tertiary/aromatic N) is 3. The van der Waals surface area contributed by atoms with Crippen LogP contribution in [0.1, 0.15) is 35.6 Å². The molecule has 0 amide bonds. The number of hydrogen-bond acceptors (Lipinski definition) is 4. The molecular weight excluding hydrogens is 274 g/mol. The fraction of sp³-hybridized carbons (Fsp3) is 0.286. The van der Waals surface area contributed by atoms with Crippen LogP contribution in [0.15, 0.2) is 24.3 Å². The van der Waals surface area contributed by atoms with Crippen molar-refractivity contribution in [1.82, 2.24) is 9.78 Å². The number of carboxylic acid groups (broad SMARTS) is 1. The van der Waals surface area contributed by atoms with Gasteiger partial charge in [0, 0.05) is 11.8 Å². The number of nitro benzene ring substituents is 1. The lowest BCUT2D eigenvalue weighted by atomic mass is 10.1. The highest BCUT2D eigenvalue weighted by Gasteiger charge is 2.21. The Labute approximate surface area is 121 Å². The number of aromatic nitrogens is 2. The van der Waals surface area contributed by atoms with Crippen molar-refractivity contribution in [3.8, 4) is 5.69 Å². The molecule has 0 unspecified atom stereocenters. The number of carbonyl (C=O) groups is 1. The van der Waals surface area contributed by atoms with E-state index in [1.165, 1.54) is 18.2 Å². The van der Waals surface area contributed by atoms with Gasteiger partial charge in [-0.1, -0.05) is 13.8 Å². The summed E-state index contributed by atoms with van der Waals surface area (Å²) in [7, 11) is 0. The van der Waals surface area contributed by atoms with Crippen LogP contribution in [0.3, 0.4) is 0 Å². The van der Waals surface area contributed by atoms with E-state index in [9.17, 15) is 14.9 Å². The number of hydrogen-bond donors (Lipinski definition) is 1. The number of carboxylic acids is 1. The lowest BCUT2D eigenvalue weighted by Gasteiger charge is -2.07. The van der Waals surface area contributed by atoms with Crippen LogP contribution in [0.5, 0.6) is 0 Å². The summed E-state index contributed by atoms with van der Waals surface area (Å²) in [4.78, 5) is 21.4. The van der Waals surface area contributed by atoms with E-state index in [1.54, 1.807) is 4.68 Å². The highest BCUT2D eigenvalue weighted by atomic mass is 16.6. The Bertz CT molecular complexity index is 706. The van der Waals surface area contributed by atoms with Crippen LogP contribution in [0, 0.1) is 10.1 Å². The molecule has 0 saturated carbocycles. The van der Waals surface area contributed by atoms with Gasteiger partial charge in [-0.15, -0.1) is 0 Å². The van der Waals surface area contributed by atoms with Gasteiger partial charge in [-0.2, -0.15) is 5.10 Å². The number of aromatic carboxylic acids is 1. The summed E-state index contributed by atoms with van der Waals surface area (Å²) >= 11 is 0. The standard InChI is InChI=1S/C14H15N3O4/c1-3-9-7-10(4-2)16(15-9)11-5-6-13(17(20)21)12(8-11)14(18)19/h5-8H,3-4H2,1-2H3,(H,18,19). The first-order chi connectivity index (χ1) is 9.97. The van der Waals surface area contributed by atoms with Crippen LogP contribution < -0.4 is 0 Å². The van der Waals surface area contributed by atoms with Gasteiger partial charge < -0.3 is 5.11 Å². The van der Waals surface area contributed by atoms with E-state index in [-0.39, 0.29) is 5.56 Å². The molecule has 1 heterocycles. The molecule has 7 nitrogen and oxygen atoms in total. The molecule has 0 radical (unpaired) electrons. The molecule has 7 heteroatoms. The molecule has 0 aliphatic rings. The summed E-state index contributed by atoms with van der Waals surface area (Å²) in [6, 6.07) is 5.94. The molecule has 21 heavy (non-hydrogen) atoms. The Morgan fingerprint density at radius 2 is 2.05 bits per heavy atom. The third-order valence-electron chi connectivity index (χ3n) is 3.21. The molecule has 0 aliphatic carbocycles. The second kappa shape index (κ2) is 5.74. The molecule has 0 spiro atoms. The SMILES string of the molecule is CCc1cc(CC)n(-c2ccc([N+](=O)[O-])c(C(=O)O)c2)n1. The van der Waals surface area contributed by atoms with Gasteiger partial charge in [-0.25, -0.2) is 9.48 Å². The maximum absolute atomic E-state index is 11.2. The minimum absolute atomic E-state index is 0.340. The topological polar surface area (TPSA) is 98.3 Å². The van der Waals surface area contributed by atoms with Gasteiger partial charge in [0.2, 0.25) is 0 Å². The van der Waals surface area contributed by atoms with E-state index in [2.05, 4.69) is 5.10 Å². The van der Waals surface area contributed by atoms with Crippen LogP contribution in [0.25, 0.3) is 5.69 Å². The zero-order valence-corrected chi connectivity index (χ0v) is 11.7. The van der Waals surface area contributed by atoms with E-state index < -0.39 is 16.6 Å². The van der Waals surface area contributed by atoms with Gasteiger partial charge in [0.25, 0.3) is 5.69 Å². The summed E-state index contributed by atoms with van der Waals surface area (Å²) in [6.45, 7) is 3.95. The number of nitro groups is 1. The molecule has 0 aliphatic heterocycles. The van der Waals surface area contributed by atoms with Crippen LogP contribution in [0.2, 0.25) is 0 Å². The van der Waals surface area contributed by atoms with Gasteiger partial charge in [0.1, 0.15) is 5.56 Å². The van der Waals surface area contributed by atoms with Crippen molar-refractivity contribution in [1.29, 1.82) is 0 Å². The van der Waals surface area contributed by atoms with Crippen molar-refractivity contribution >= 4 is 11.7 Å². The van der Waals surface area contributed by atoms with Crippen molar-refractivity contribution in [2.45, 2.75) is 26.7 Å². The summed E-state index contributed by atoms with van der Waals surface area (Å²) in [5, 5.41) is 24.4. The summed E-state index contributed by atoms with van der Waals surface area (Å²) in [6.07, 6.45) is 1.49. The summed E-state index contributed by atoms with van der Waals surface area (Å²) < 4.78 is 1.63. The van der Waals surface area contributed by atoms with Gasteiger partial charge in [-0.05, 0) is 31.0 Å². The van der Waals surface area contributed by atoms with E-state index in [0.717, 1.165) is 24.2 Å². The normalized spacial score (nSPS) is 10.6. The zero-order chi connectivity index (χ0) is 15.6. The number of rotatable bonds is 5. The van der Waals surface area contributed by atoms with Crippen molar-refractivity contribution in [3.05, 3.63) is 51.3 Å². The van der Waals surface area contributed by atoms with E-state index in [0.29, 0.717) is 5.69 Å². The molecule has 2 rings (SSSR count). The second-order valence-corrected chi connectivity index (χ2v) is 4.51. The maximum atomic E-state index is 11.2. The largest absolute Gasteiger partial charge is 0.477 e. The third kappa shape index (κ3) is 2.76. The molecule has 0 fully saturated rings. The van der Waals surface area contributed by atoms with Crippen molar-refractivity contribution < 1.29 is 14.8 Å². The highest BCUT2D eigenvalue weighted by molar-refractivity contribution is 5.93. The summed E-state index contributed by atoms with van der Waals surface area (Å²) in [5.41, 5.74) is 1.56. The minimum Gasteiger partial charge on any atom is -0.477 e. The third-order valence-corrected chi connectivity index (χ3v) is 3.21. The predicted octanol–water partition coefficient (Wildman–Crippen LogP) is 2.60. The minimum atomic E-state index is -1.33. The Balaban J connectivity index is 2.60. The van der Waals surface area contributed by atoms with Crippen molar-refractivity contribution in [2.24, 2.45) is 0 Å². The molecule has 0 saturated heterocycles. The van der Waals surface area contributed by atoms with Crippen molar-refractivity contribution in [3.63, 3.8) is 0 Å². The molecule has 110 valence electrons. The first-order valence-corrected chi connectivity index (χ1v) is 6.57. The van der Waals surface area contributed by atoms with Crippen LogP contribution >= 0.6 is 0 Å². The Hall–Kier alpha value is -2.70. The van der Waals surface area contributed by atoms with Crippen LogP contribution in [0.4, 0.5) is 5.69 Å². The smallest absolute Gasteiger partial charge is 0.342 e.